The zero-order valence-corrected chi connectivity index (χ0v) is 37.8. The van der Waals surface area contributed by atoms with Crippen molar-refractivity contribution in [3.8, 4) is 16.8 Å². The third-order valence-corrected chi connectivity index (χ3v) is 16.9. The van der Waals surface area contributed by atoms with Crippen LogP contribution in [0, 0.1) is 0 Å². The zero-order chi connectivity index (χ0) is 43.8. The van der Waals surface area contributed by atoms with Gasteiger partial charge in [0.05, 0.1) is 22.1 Å². The summed E-state index contributed by atoms with van der Waals surface area (Å²) in [4.78, 5) is 5.09. The van der Waals surface area contributed by atoms with Crippen LogP contribution in [0.25, 0.3) is 80.3 Å². The molecule has 0 bridgehead atoms. The normalized spacial score (nSPS) is 14.9. The van der Waals surface area contributed by atoms with Gasteiger partial charge in [0.25, 0.3) is 0 Å². The largest absolute Gasteiger partial charge is 0.310 e. The fourth-order valence-electron chi connectivity index (χ4n) is 11.9. The van der Waals surface area contributed by atoms with E-state index in [9.17, 15) is 0 Å². The van der Waals surface area contributed by atoms with E-state index in [0.717, 1.165) is 22.7 Å². The Morgan fingerprint density at radius 3 is 1.94 bits per heavy atom. The predicted molar refractivity (Wildman–Crippen MR) is 285 cm³/mol. The molecule has 1 aliphatic carbocycles. The summed E-state index contributed by atoms with van der Waals surface area (Å²) in [5.41, 5.74) is 14.2. The van der Waals surface area contributed by atoms with E-state index in [1.54, 1.807) is 0 Å². The number of rotatable bonds is 4. The molecule has 1 atom stereocenters. The highest BCUT2D eigenvalue weighted by molar-refractivity contribution is 7.99. The molecular weight excluding hydrogens is 849 g/mol. The number of anilines is 3. The molecule has 0 N–H and O–H groups in total. The Morgan fingerprint density at radius 2 is 1.00 bits per heavy atom. The Bertz CT molecular complexity index is 4220. The van der Waals surface area contributed by atoms with Crippen molar-refractivity contribution in [2.45, 2.75) is 15.2 Å². The van der Waals surface area contributed by atoms with Crippen LogP contribution in [0.3, 0.4) is 0 Å². The first-order chi connectivity index (χ1) is 33.2. The fourth-order valence-corrected chi connectivity index (χ4v) is 14.2. The van der Waals surface area contributed by atoms with E-state index in [1.165, 1.54) is 107 Å². The number of fused-ring (bicyclic) bond motifs is 15. The summed E-state index contributed by atoms with van der Waals surface area (Å²) in [5.74, 6) is 0. The van der Waals surface area contributed by atoms with Gasteiger partial charge in [0, 0.05) is 63.2 Å². The lowest BCUT2D eigenvalue weighted by atomic mass is 9.59. The first-order valence-electron chi connectivity index (χ1n) is 23.0. The molecule has 2 nitrogen and oxygen atoms in total. The second-order valence-corrected chi connectivity index (χ2v) is 20.1. The Morgan fingerprint density at radius 1 is 0.373 bits per heavy atom. The van der Waals surface area contributed by atoms with Crippen LogP contribution in [0.15, 0.2) is 240 Å². The second kappa shape index (κ2) is 14.1. The van der Waals surface area contributed by atoms with Crippen molar-refractivity contribution < 1.29 is 0 Å². The standard InChI is InChI=1S/C63H38N2S2/c1-2-18-44-39(14-1)15-13-27-55(44)64(42-30-33-47-46-20-4-8-26-56(46)65(57(47)37-42)43-31-34-49-48-21-5-9-28-58(48)66-61(49)38-43)41-32-35-60-54(36-41)63(52-24-7-10-29-59(52)67-60)51-23-6-3-19-45(51)50-22-11-16-40-17-12-25-53(63)62(40)50/h1-38H. The third kappa shape index (κ3) is 5.17. The molecule has 3 heterocycles. The Kier molecular flexibility index (Phi) is 7.84. The maximum absolute atomic E-state index is 2.53. The maximum atomic E-state index is 2.53. The molecule has 2 aliphatic rings. The summed E-state index contributed by atoms with van der Waals surface area (Å²) in [7, 11) is 0. The van der Waals surface area contributed by atoms with Gasteiger partial charge >= 0.3 is 0 Å². The number of hydrogen-bond acceptors (Lipinski definition) is 3. The Labute approximate surface area is 395 Å². The highest BCUT2D eigenvalue weighted by Crippen LogP contribution is 2.62. The van der Waals surface area contributed by atoms with E-state index in [0.29, 0.717) is 0 Å². The van der Waals surface area contributed by atoms with Gasteiger partial charge in [-0.2, -0.15) is 0 Å². The van der Waals surface area contributed by atoms with Crippen LogP contribution in [-0.4, -0.2) is 4.57 Å². The van der Waals surface area contributed by atoms with Gasteiger partial charge in [-0.1, -0.05) is 176 Å². The Balaban J connectivity index is 1.02. The lowest BCUT2D eigenvalue weighted by molar-refractivity contribution is 0.707. The molecule has 312 valence electrons. The van der Waals surface area contributed by atoms with Crippen LogP contribution in [0.2, 0.25) is 0 Å². The average molecular weight is 887 g/mol. The van der Waals surface area contributed by atoms with Crippen molar-refractivity contribution in [2.24, 2.45) is 0 Å². The highest BCUT2D eigenvalue weighted by atomic mass is 32.2. The summed E-state index contributed by atoms with van der Waals surface area (Å²) in [6, 6.07) is 86.6. The summed E-state index contributed by atoms with van der Waals surface area (Å²) in [6.07, 6.45) is 0. The van der Waals surface area contributed by atoms with Crippen LogP contribution in [0.5, 0.6) is 0 Å². The molecular formula is C63H38N2S2. The molecule has 1 spiro atoms. The summed E-state index contributed by atoms with van der Waals surface area (Å²) < 4.78 is 5.09. The Hall–Kier alpha value is -7.89. The van der Waals surface area contributed by atoms with E-state index < -0.39 is 5.41 Å². The van der Waals surface area contributed by atoms with Crippen molar-refractivity contribution >= 4 is 104 Å². The third-order valence-electron chi connectivity index (χ3n) is 14.6. The average Bonchev–Trinajstić information content (AvgIpc) is 3.93. The number of para-hydroxylation sites is 1. The molecule has 2 aromatic heterocycles. The van der Waals surface area contributed by atoms with Gasteiger partial charge in [-0.3, -0.25) is 0 Å². The second-order valence-electron chi connectivity index (χ2n) is 17.9. The lowest BCUT2D eigenvalue weighted by Crippen LogP contribution is -2.36. The van der Waals surface area contributed by atoms with Gasteiger partial charge in [0.15, 0.2) is 0 Å². The quantitative estimate of drug-likeness (QED) is 0.174. The molecule has 1 aliphatic heterocycles. The van der Waals surface area contributed by atoms with Crippen molar-refractivity contribution in [3.63, 3.8) is 0 Å². The van der Waals surface area contributed by atoms with Crippen LogP contribution >= 0.6 is 23.1 Å². The number of aromatic nitrogens is 1. The van der Waals surface area contributed by atoms with Gasteiger partial charge < -0.3 is 9.47 Å². The topological polar surface area (TPSA) is 8.17 Å². The maximum Gasteiger partial charge on any atom is 0.0736 e. The minimum absolute atomic E-state index is 0.566. The first kappa shape index (κ1) is 37.3. The van der Waals surface area contributed by atoms with Crippen LogP contribution in [0.1, 0.15) is 22.3 Å². The molecule has 11 aromatic carbocycles. The fraction of sp³-hybridized carbons (Fsp3) is 0.0159. The number of benzene rings is 11. The molecule has 67 heavy (non-hydrogen) atoms. The number of hydrogen-bond donors (Lipinski definition) is 0. The molecule has 0 saturated heterocycles. The van der Waals surface area contributed by atoms with Crippen LogP contribution < -0.4 is 4.90 Å². The molecule has 0 radical (unpaired) electrons. The minimum atomic E-state index is -0.566. The van der Waals surface area contributed by atoms with E-state index in [4.69, 9.17) is 0 Å². The number of nitrogens with zero attached hydrogens (tertiary/aromatic N) is 2. The molecule has 4 heteroatoms. The smallest absolute Gasteiger partial charge is 0.0736 e. The SMILES string of the molecule is c1ccc2c(c1)Sc1ccc(N(c3ccc4c5ccccc5n(-c5ccc6c(c5)sc5ccccc56)c4c3)c3cccc4ccccc34)cc1C21c2ccccc2-c2cccc3cccc1c23. The van der Waals surface area contributed by atoms with E-state index >= 15 is 0 Å². The van der Waals surface area contributed by atoms with E-state index in [1.807, 2.05) is 23.1 Å². The summed E-state index contributed by atoms with van der Waals surface area (Å²) in [6.45, 7) is 0. The van der Waals surface area contributed by atoms with Gasteiger partial charge in [0.1, 0.15) is 0 Å². The van der Waals surface area contributed by atoms with E-state index in [2.05, 4.69) is 240 Å². The van der Waals surface area contributed by atoms with Crippen LogP contribution in [0.4, 0.5) is 17.1 Å². The predicted octanol–water partition coefficient (Wildman–Crippen LogP) is 17.8. The van der Waals surface area contributed by atoms with Crippen LogP contribution in [-0.2, 0) is 5.41 Å². The highest BCUT2D eigenvalue weighted by Gasteiger charge is 2.48. The molecule has 13 aromatic rings. The minimum Gasteiger partial charge on any atom is -0.310 e. The molecule has 1 unspecified atom stereocenters. The van der Waals surface area contributed by atoms with Crippen molar-refractivity contribution in [3.05, 3.63) is 253 Å². The first-order valence-corrected chi connectivity index (χ1v) is 24.6. The monoisotopic (exact) mass is 886 g/mol. The zero-order valence-electron chi connectivity index (χ0n) is 36.2. The van der Waals surface area contributed by atoms with Gasteiger partial charge in [0.2, 0.25) is 0 Å². The van der Waals surface area contributed by atoms with Crippen molar-refractivity contribution in [2.75, 3.05) is 4.90 Å². The van der Waals surface area contributed by atoms with E-state index in [-0.39, 0.29) is 0 Å². The van der Waals surface area contributed by atoms with Crippen molar-refractivity contribution in [1.82, 2.24) is 4.57 Å². The van der Waals surface area contributed by atoms with Gasteiger partial charge in [-0.05, 0) is 116 Å². The summed E-state index contributed by atoms with van der Waals surface area (Å²) >= 11 is 3.77. The molecule has 0 saturated carbocycles. The van der Waals surface area contributed by atoms with Gasteiger partial charge in [-0.25, -0.2) is 0 Å². The molecule has 0 amide bonds. The van der Waals surface area contributed by atoms with Crippen molar-refractivity contribution in [1.29, 1.82) is 0 Å². The summed E-state index contributed by atoms with van der Waals surface area (Å²) in [5, 5.41) is 10.1. The molecule has 15 rings (SSSR count). The molecule has 0 fully saturated rings. The lowest BCUT2D eigenvalue weighted by Gasteiger charge is -2.46. The number of thiophene rings is 1. The van der Waals surface area contributed by atoms with Gasteiger partial charge in [-0.15, -0.1) is 11.3 Å².